The molecule has 0 spiro atoms. The number of hydrogen-bond acceptors (Lipinski definition) is 3. The average Bonchev–Trinajstić information content (AvgIpc) is 2.14. The van der Waals surface area contributed by atoms with Crippen LogP contribution in [0.3, 0.4) is 0 Å². The van der Waals surface area contributed by atoms with E-state index in [-0.39, 0.29) is 10.6 Å². The third-order valence-corrected chi connectivity index (χ3v) is 1.89. The Morgan fingerprint density at radius 1 is 1.38 bits per heavy atom. The fraction of sp³-hybridized carbons (Fsp3) is 0.222. The molecule has 0 unspecified atom stereocenters. The molecule has 7 heteroatoms. The van der Waals surface area contributed by atoms with Crippen LogP contribution in [0.1, 0.15) is 10.4 Å². The minimum atomic E-state index is -4.80. The smallest absolute Gasteiger partial charge is 0.465 e. The predicted molar refractivity (Wildman–Crippen MR) is 49.5 cm³/mol. The van der Waals surface area contributed by atoms with Gasteiger partial charge < -0.3 is 9.47 Å². The lowest BCUT2D eigenvalue weighted by molar-refractivity contribution is -0.274. The zero-order valence-corrected chi connectivity index (χ0v) is 8.72. The van der Waals surface area contributed by atoms with E-state index in [0.29, 0.717) is 0 Å². The number of methoxy groups -OCH3 is 1. The van der Waals surface area contributed by atoms with Gasteiger partial charge in [-0.3, -0.25) is 0 Å². The number of rotatable bonds is 2. The fourth-order valence-electron chi connectivity index (χ4n) is 0.968. The van der Waals surface area contributed by atoms with Crippen LogP contribution in [-0.2, 0) is 4.74 Å². The van der Waals surface area contributed by atoms with Gasteiger partial charge in [-0.15, -0.1) is 13.2 Å². The van der Waals surface area contributed by atoms with Gasteiger partial charge in [0.05, 0.1) is 17.7 Å². The lowest BCUT2D eigenvalue weighted by Gasteiger charge is -2.09. The Hall–Kier alpha value is -1.43. The van der Waals surface area contributed by atoms with Crippen LogP contribution in [0.2, 0.25) is 5.02 Å². The molecule has 1 rings (SSSR count). The van der Waals surface area contributed by atoms with E-state index in [1.807, 2.05) is 0 Å². The van der Waals surface area contributed by atoms with Crippen LogP contribution in [-0.4, -0.2) is 19.4 Å². The van der Waals surface area contributed by atoms with Gasteiger partial charge in [-0.2, -0.15) is 0 Å². The molecule has 0 amide bonds. The highest BCUT2D eigenvalue weighted by Gasteiger charge is 2.31. The molecule has 0 saturated heterocycles. The van der Waals surface area contributed by atoms with Crippen molar-refractivity contribution in [3.05, 3.63) is 28.8 Å². The van der Waals surface area contributed by atoms with E-state index in [4.69, 9.17) is 11.6 Å². The molecule has 0 aliphatic carbocycles. The molecule has 0 atom stereocenters. The summed E-state index contributed by atoms with van der Waals surface area (Å²) in [5.74, 6) is -1.23. The van der Waals surface area contributed by atoms with Gasteiger partial charge in [0.2, 0.25) is 0 Å². The molecule has 0 saturated carbocycles. The molecule has 16 heavy (non-hydrogen) atoms. The van der Waals surface area contributed by atoms with Crippen molar-refractivity contribution in [2.75, 3.05) is 7.11 Å². The minimum Gasteiger partial charge on any atom is -0.465 e. The number of carbonyl (C=O) groups is 1. The van der Waals surface area contributed by atoms with Crippen LogP contribution in [0.5, 0.6) is 5.75 Å². The molecule has 0 aliphatic rings. The molecular weight excluding hydrogens is 249 g/mol. The topological polar surface area (TPSA) is 35.5 Å². The van der Waals surface area contributed by atoms with E-state index in [2.05, 4.69) is 9.47 Å². The van der Waals surface area contributed by atoms with E-state index in [1.54, 1.807) is 0 Å². The van der Waals surface area contributed by atoms with Gasteiger partial charge in [0.15, 0.2) is 0 Å². The second-order valence-electron chi connectivity index (χ2n) is 2.68. The Morgan fingerprint density at radius 3 is 2.44 bits per heavy atom. The SMILES string of the molecule is COC(=O)c1ccc(OC(F)(F)F)cc1Cl. The lowest BCUT2D eigenvalue weighted by atomic mass is 10.2. The molecule has 0 fully saturated rings. The molecule has 0 aromatic heterocycles. The maximum absolute atomic E-state index is 11.8. The van der Waals surface area contributed by atoms with Crippen LogP contribution in [0.15, 0.2) is 18.2 Å². The third kappa shape index (κ3) is 3.30. The number of ether oxygens (including phenoxy) is 2. The summed E-state index contributed by atoms with van der Waals surface area (Å²) in [5.41, 5.74) is -0.0290. The second-order valence-corrected chi connectivity index (χ2v) is 3.09. The van der Waals surface area contributed by atoms with Gasteiger partial charge >= 0.3 is 12.3 Å². The van der Waals surface area contributed by atoms with Crippen LogP contribution >= 0.6 is 11.6 Å². The first kappa shape index (κ1) is 12.6. The maximum Gasteiger partial charge on any atom is 0.573 e. The van der Waals surface area contributed by atoms with Crippen LogP contribution in [0.4, 0.5) is 13.2 Å². The molecular formula is C9H6ClF3O3. The lowest BCUT2D eigenvalue weighted by Crippen LogP contribution is -2.17. The van der Waals surface area contributed by atoms with Crippen molar-refractivity contribution in [1.29, 1.82) is 0 Å². The molecule has 3 nitrogen and oxygen atoms in total. The number of carbonyl (C=O) groups excluding carboxylic acids is 1. The van der Waals surface area contributed by atoms with E-state index in [0.717, 1.165) is 25.3 Å². The van der Waals surface area contributed by atoms with Gasteiger partial charge in [0, 0.05) is 0 Å². The second kappa shape index (κ2) is 4.61. The number of halogens is 4. The highest BCUT2D eigenvalue weighted by atomic mass is 35.5. The zero-order valence-electron chi connectivity index (χ0n) is 7.97. The van der Waals surface area contributed by atoms with Crippen molar-refractivity contribution in [2.45, 2.75) is 6.36 Å². The summed E-state index contributed by atoms with van der Waals surface area (Å²) in [6.07, 6.45) is -4.80. The number of benzene rings is 1. The Balaban J connectivity index is 2.96. The molecule has 0 bridgehead atoms. The van der Waals surface area contributed by atoms with E-state index in [1.165, 1.54) is 0 Å². The number of alkyl halides is 3. The largest absolute Gasteiger partial charge is 0.573 e. The first-order valence-electron chi connectivity index (χ1n) is 3.97. The summed E-state index contributed by atoms with van der Waals surface area (Å²) in [4.78, 5) is 11.1. The van der Waals surface area contributed by atoms with Crippen molar-refractivity contribution < 1.29 is 27.4 Å². The van der Waals surface area contributed by atoms with Crippen molar-refractivity contribution in [3.63, 3.8) is 0 Å². The van der Waals surface area contributed by atoms with Crippen molar-refractivity contribution in [1.82, 2.24) is 0 Å². The first-order valence-corrected chi connectivity index (χ1v) is 4.35. The van der Waals surface area contributed by atoms with E-state index in [9.17, 15) is 18.0 Å². The average molecular weight is 255 g/mol. The van der Waals surface area contributed by atoms with Gasteiger partial charge in [-0.25, -0.2) is 4.79 Å². The van der Waals surface area contributed by atoms with Gasteiger partial charge in [0.1, 0.15) is 5.75 Å². The molecule has 1 aromatic rings. The Bertz CT molecular complexity index is 403. The van der Waals surface area contributed by atoms with Crippen LogP contribution in [0.25, 0.3) is 0 Å². The summed E-state index contributed by atoms with van der Waals surface area (Å²) in [6, 6.07) is 2.96. The van der Waals surface area contributed by atoms with Crippen molar-refractivity contribution in [2.24, 2.45) is 0 Å². The molecule has 0 aliphatic heterocycles. The zero-order chi connectivity index (χ0) is 12.3. The molecule has 0 N–H and O–H groups in total. The normalized spacial score (nSPS) is 11.1. The van der Waals surface area contributed by atoms with Gasteiger partial charge in [-0.1, -0.05) is 11.6 Å². The summed E-state index contributed by atoms with van der Waals surface area (Å²) < 4.78 is 43.5. The maximum atomic E-state index is 11.8. The van der Waals surface area contributed by atoms with Crippen molar-refractivity contribution in [3.8, 4) is 5.75 Å². The van der Waals surface area contributed by atoms with Crippen LogP contribution < -0.4 is 4.74 Å². The third-order valence-electron chi connectivity index (χ3n) is 1.58. The van der Waals surface area contributed by atoms with E-state index < -0.39 is 18.1 Å². The Labute approximate surface area is 93.7 Å². The minimum absolute atomic E-state index is 0.0290. The van der Waals surface area contributed by atoms with E-state index >= 15 is 0 Å². The van der Waals surface area contributed by atoms with Gasteiger partial charge in [0.25, 0.3) is 0 Å². The fourth-order valence-corrected chi connectivity index (χ4v) is 1.22. The molecule has 0 radical (unpaired) electrons. The number of esters is 1. The highest BCUT2D eigenvalue weighted by molar-refractivity contribution is 6.33. The van der Waals surface area contributed by atoms with Gasteiger partial charge in [-0.05, 0) is 18.2 Å². The Kier molecular flexibility index (Phi) is 3.64. The first-order chi connectivity index (χ1) is 7.33. The number of hydrogen-bond donors (Lipinski definition) is 0. The standard InChI is InChI=1S/C9H6ClF3O3/c1-15-8(14)6-3-2-5(4-7(6)10)16-9(11,12)13/h2-4H,1H3. The molecule has 88 valence electrons. The molecule has 0 heterocycles. The predicted octanol–water partition coefficient (Wildman–Crippen LogP) is 3.03. The van der Waals surface area contributed by atoms with Crippen LogP contribution in [0, 0.1) is 0 Å². The van der Waals surface area contributed by atoms with Crippen molar-refractivity contribution >= 4 is 17.6 Å². The Morgan fingerprint density at radius 2 is 2.00 bits per heavy atom. The highest BCUT2D eigenvalue weighted by Crippen LogP contribution is 2.27. The molecule has 1 aromatic carbocycles. The summed E-state index contributed by atoms with van der Waals surface area (Å²) in [5, 5.41) is -0.173. The summed E-state index contributed by atoms with van der Waals surface area (Å²) >= 11 is 5.58. The summed E-state index contributed by atoms with van der Waals surface area (Å²) in [7, 11) is 1.14. The monoisotopic (exact) mass is 254 g/mol. The summed E-state index contributed by atoms with van der Waals surface area (Å²) in [6.45, 7) is 0. The quantitative estimate of drug-likeness (QED) is 0.761.